The van der Waals surface area contributed by atoms with Crippen LogP contribution in [0.25, 0.3) is 0 Å². The summed E-state index contributed by atoms with van der Waals surface area (Å²) in [5.41, 5.74) is 0.00269. The van der Waals surface area contributed by atoms with Crippen molar-refractivity contribution in [3.63, 3.8) is 0 Å². The van der Waals surface area contributed by atoms with Crippen LogP contribution < -0.4 is 0 Å². The first kappa shape index (κ1) is 11.1. The first-order valence-corrected chi connectivity index (χ1v) is 6.28. The summed E-state index contributed by atoms with van der Waals surface area (Å²) in [5.74, 6) is -0.251. The molecule has 15 heavy (non-hydrogen) atoms. The van der Waals surface area contributed by atoms with E-state index in [0.717, 1.165) is 12.2 Å². The number of hydrogen-bond donors (Lipinski definition) is 0. The van der Waals surface area contributed by atoms with Crippen LogP contribution in [0.1, 0.15) is 12.0 Å². The van der Waals surface area contributed by atoms with Gasteiger partial charge in [-0.1, -0.05) is 15.9 Å². The Morgan fingerprint density at radius 2 is 1.93 bits per heavy atom. The fourth-order valence-electron chi connectivity index (χ4n) is 1.36. The average Bonchev–Trinajstić information content (AvgIpc) is 2.17. The summed E-state index contributed by atoms with van der Waals surface area (Å²) >= 11 is 4.45. The van der Waals surface area contributed by atoms with Crippen LogP contribution in [-0.2, 0) is 0 Å². The average molecular weight is 292 g/mol. The summed E-state index contributed by atoms with van der Waals surface area (Å²) in [7, 11) is 0. The second kappa shape index (κ2) is 4.61. The third kappa shape index (κ3) is 2.39. The SMILES string of the molecule is Fc1cc(Br)cc(F)c1C1=NCCCS1. The predicted octanol–water partition coefficient (Wildman–Crippen LogP) is 3.61. The summed E-state index contributed by atoms with van der Waals surface area (Å²) in [6.07, 6.45) is 0.966. The zero-order valence-electron chi connectivity index (χ0n) is 7.77. The van der Waals surface area contributed by atoms with E-state index in [2.05, 4.69) is 20.9 Å². The van der Waals surface area contributed by atoms with Gasteiger partial charge in [0.05, 0.1) is 5.56 Å². The van der Waals surface area contributed by atoms with E-state index in [1.165, 1.54) is 23.9 Å². The van der Waals surface area contributed by atoms with Gasteiger partial charge in [-0.2, -0.15) is 0 Å². The zero-order valence-corrected chi connectivity index (χ0v) is 10.2. The molecule has 1 aromatic rings. The highest BCUT2D eigenvalue weighted by molar-refractivity contribution is 9.10. The number of halogens is 3. The fraction of sp³-hybridized carbons (Fsp3) is 0.300. The van der Waals surface area contributed by atoms with Gasteiger partial charge < -0.3 is 0 Å². The van der Waals surface area contributed by atoms with Gasteiger partial charge in [-0.15, -0.1) is 11.8 Å². The first-order chi connectivity index (χ1) is 7.18. The molecule has 0 N–H and O–H groups in total. The molecule has 0 unspecified atom stereocenters. The van der Waals surface area contributed by atoms with E-state index in [4.69, 9.17) is 0 Å². The standard InChI is InChI=1S/C10H8BrF2NS/c11-6-4-7(12)9(8(13)5-6)10-14-2-1-3-15-10/h4-5H,1-3H2. The number of thioether (sulfide) groups is 1. The van der Waals surface area contributed by atoms with Crippen molar-refractivity contribution in [1.82, 2.24) is 0 Å². The molecule has 0 saturated carbocycles. The van der Waals surface area contributed by atoms with E-state index in [1.54, 1.807) is 0 Å². The van der Waals surface area contributed by atoms with Crippen LogP contribution in [0.2, 0.25) is 0 Å². The maximum atomic E-state index is 13.5. The third-order valence-electron chi connectivity index (χ3n) is 2.02. The lowest BCUT2D eigenvalue weighted by molar-refractivity contribution is 0.578. The van der Waals surface area contributed by atoms with E-state index in [0.29, 0.717) is 16.1 Å². The minimum absolute atomic E-state index is 0.00269. The molecule has 0 saturated heterocycles. The summed E-state index contributed by atoms with van der Waals surface area (Å²) in [4.78, 5) is 4.14. The normalized spacial score (nSPS) is 16.3. The van der Waals surface area contributed by atoms with Gasteiger partial charge in [-0.05, 0) is 18.6 Å². The first-order valence-electron chi connectivity index (χ1n) is 4.50. The van der Waals surface area contributed by atoms with Crippen molar-refractivity contribution in [2.45, 2.75) is 6.42 Å². The van der Waals surface area contributed by atoms with E-state index in [1.807, 2.05) is 0 Å². The van der Waals surface area contributed by atoms with E-state index < -0.39 is 11.6 Å². The molecule has 1 aromatic carbocycles. The van der Waals surface area contributed by atoms with Gasteiger partial charge in [0.15, 0.2) is 0 Å². The van der Waals surface area contributed by atoms with Crippen LogP contribution in [0.15, 0.2) is 21.6 Å². The topological polar surface area (TPSA) is 12.4 Å². The van der Waals surface area contributed by atoms with Crippen molar-refractivity contribution >= 4 is 32.7 Å². The highest BCUT2D eigenvalue weighted by atomic mass is 79.9. The van der Waals surface area contributed by atoms with Crippen LogP contribution in [0.5, 0.6) is 0 Å². The van der Waals surface area contributed by atoms with Gasteiger partial charge in [0.25, 0.3) is 0 Å². The lowest BCUT2D eigenvalue weighted by Crippen LogP contribution is -2.09. The molecule has 0 amide bonds. The Kier molecular flexibility index (Phi) is 3.41. The second-order valence-corrected chi connectivity index (χ2v) is 5.13. The number of nitrogens with zero attached hydrogens (tertiary/aromatic N) is 1. The van der Waals surface area contributed by atoms with Gasteiger partial charge in [0, 0.05) is 16.8 Å². The largest absolute Gasteiger partial charge is 0.278 e. The maximum Gasteiger partial charge on any atom is 0.137 e. The minimum Gasteiger partial charge on any atom is -0.278 e. The van der Waals surface area contributed by atoms with Gasteiger partial charge in [-0.25, -0.2) is 8.78 Å². The van der Waals surface area contributed by atoms with E-state index in [9.17, 15) is 8.78 Å². The summed E-state index contributed by atoms with van der Waals surface area (Å²) in [6.45, 7) is 0.650. The van der Waals surface area contributed by atoms with Gasteiger partial charge in [0.2, 0.25) is 0 Å². The Hall–Kier alpha value is -0.420. The van der Waals surface area contributed by atoms with Crippen LogP contribution in [0.3, 0.4) is 0 Å². The Morgan fingerprint density at radius 1 is 1.27 bits per heavy atom. The molecular weight excluding hydrogens is 284 g/mol. The number of benzene rings is 1. The highest BCUT2D eigenvalue weighted by Gasteiger charge is 2.18. The maximum absolute atomic E-state index is 13.5. The predicted molar refractivity (Wildman–Crippen MR) is 62.5 cm³/mol. The summed E-state index contributed by atoms with van der Waals surface area (Å²) in [5, 5.41) is 0.476. The van der Waals surface area contributed by atoms with Crippen molar-refractivity contribution in [1.29, 1.82) is 0 Å². The monoisotopic (exact) mass is 291 g/mol. The Balaban J connectivity index is 2.47. The number of hydrogen-bond acceptors (Lipinski definition) is 2. The molecule has 80 valence electrons. The molecule has 1 heterocycles. The third-order valence-corrected chi connectivity index (χ3v) is 3.57. The lowest BCUT2D eigenvalue weighted by atomic mass is 10.2. The molecule has 1 nitrogen and oxygen atoms in total. The Morgan fingerprint density at radius 3 is 2.47 bits per heavy atom. The molecule has 1 aliphatic rings. The molecule has 2 rings (SSSR count). The summed E-state index contributed by atoms with van der Waals surface area (Å²) < 4.78 is 27.5. The van der Waals surface area contributed by atoms with Crippen molar-refractivity contribution in [3.05, 3.63) is 33.8 Å². The van der Waals surface area contributed by atoms with Crippen LogP contribution >= 0.6 is 27.7 Å². The van der Waals surface area contributed by atoms with E-state index >= 15 is 0 Å². The molecule has 0 aliphatic carbocycles. The molecule has 0 aromatic heterocycles. The Bertz CT molecular complexity index is 397. The van der Waals surface area contributed by atoms with Crippen molar-refractivity contribution in [2.24, 2.45) is 4.99 Å². The summed E-state index contributed by atoms with van der Waals surface area (Å²) in [6, 6.07) is 2.52. The van der Waals surface area contributed by atoms with E-state index in [-0.39, 0.29) is 5.56 Å². The second-order valence-electron chi connectivity index (χ2n) is 3.13. The molecular formula is C10H8BrF2NS. The number of rotatable bonds is 1. The van der Waals surface area contributed by atoms with Crippen LogP contribution in [-0.4, -0.2) is 17.3 Å². The minimum atomic E-state index is -0.560. The lowest BCUT2D eigenvalue weighted by Gasteiger charge is -2.12. The molecule has 0 fully saturated rings. The van der Waals surface area contributed by atoms with Crippen LogP contribution in [0.4, 0.5) is 8.78 Å². The highest BCUT2D eigenvalue weighted by Crippen LogP contribution is 2.26. The van der Waals surface area contributed by atoms with Crippen molar-refractivity contribution in [3.8, 4) is 0 Å². The molecule has 1 aliphatic heterocycles. The smallest absolute Gasteiger partial charge is 0.137 e. The van der Waals surface area contributed by atoms with Gasteiger partial charge in [0.1, 0.15) is 16.7 Å². The molecule has 0 radical (unpaired) electrons. The van der Waals surface area contributed by atoms with Gasteiger partial charge in [-0.3, -0.25) is 4.99 Å². The Labute approximate surface area is 99.1 Å². The molecule has 0 atom stereocenters. The molecule has 0 spiro atoms. The molecule has 5 heteroatoms. The zero-order chi connectivity index (χ0) is 10.8. The van der Waals surface area contributed by atoms with Gasteiger partial charge >= 0.3 is 0 Å². The quantitative estimate of drug-likeness (QED) is 0.770. The number of aliphatic imine (C=N–C) groups is 1. The molecule has 0 bridgehead atoms. The van der Waals surface area contributed by atoms with Crippen LogP contribution in [0, 0.1) is 11.6 Å². The van der Waals surface area contributed by atoms with Crippen molar-refractivity contribution < 1.29 is 8.78 Å². The van der Waals surface area contributed by atoms with Crippen molar-refractivity contribution in [2.75, 3.05) is 12.3 Å². The fourth-order valence-corrected chi connectivity index (χ4v) is 2.75.